The third-order valence-electron chi connectivity index (χ3n) is 7.76. The number of amides is 1. The standard InChI is InChI=1S/C31H22Cl2NO4/c1-19-6-8-20(9-7-19)15-34(16-21-10-22(32)12-23(33)11-21)26-5-3-2-4-24(26)31(30(34)35)17-36-27-14-29-28(13-25(27)31)37-18-38-29/h1-14H,15-18H2/q+1. The highest BCUT2D eigenvalue weighted by Crippen LogP contribution is 2.58. The molecule has 0 bridgehead atoms. The third-order valence-corrected chi connectivity index (χ3v) is 8.20. The predicted octanol–water partition coefficient (Wildman–Crippen LogP) is 6.71. The van der Waals surface area contributed by atoms with Gasteiger partial charge in [-0.3, -0.25) is 0 Å². The molecule has 2 radical (unpaired) electrons. The zero-order valence-electron chi connectivity index (χ0n) is 20.2. The Morgan fingerprint density at radius 2 is 1.45 bits per heavy atom. The molecule has 7 heteroatoms. The summed E-state index contributed by atoms with van der Waals surface area (Å²) in [4.78, 5) is 15.1. The Labute approximate surface area is 230 Å². The van der Waals surface area contributed by atoms with E-state index in [1.165, 1.54) is 0 Å². The fourth-order valence-corrected chi connectivity index (χ4v) is 6.73. The van der Waals surface area contributed by atoms with Crippen molar-refractivity contribution in [1.29, 1.82) is 0 Å². The SMILES string of the molecule is [CH]c1ccc(C[N+]2(Cc3cc(Cl)cc(Cl)c3)C(=O)C3(COc4cc5c(cc43)OCO5)c3ccccc32)cc1. The number of para-hydroxylation sites is 1. The lowest BCUT2D eigenvalue weighted by Crippen LogP contribution is -2.56. The van der Waals surface area contributed by atoms with Crippen LogP contribution in [0.25, 0.3) is 0 Å². The number of ether oxygens (including phenoxy) is 3. The van der Waals surface area contributed by atoms with Crippen LogP contribution in [-0.2, 0) is 23.3 Å². The van der Waals surface area contributed by atoms with E-state index in [2.05, 4.69) is 0 Å². The Kier molecular flexibility index (Phi) is 5.28. The molecule has 0 fully saturated rings. The van der Waals surface area contributed by atoms with Gasteiger partial charge in [-0.2, -0.15) is 0 Å². The molecule has 3 heterocycles. The quantitative estimate of drug-likeness (QED) is 0.269. The van der Waals surface area contributed by atoms with Crippen LogP contribution in [0.3, 0.4) is 0 Å². The number of carbonyl (C=O) groups excluding carboxylic acids is 1. The summed E-state index contributed by atoms with van der Waals surface area (Å²) in [7, 11) is 0. The molecule has 188 valence electrons. The summed E-state index contributed by atoms with van der Waals surface area (Å²) in [6.45, 7) is 7.10. The minimum absolute atomic E-state index is 0.0178. The summed E-state index contributed by atoms with van der Waals surface area (Å²) in [5.74, 6) is 1.89. The van der Waals surface area contributed by atoms with Crippen LogP contribution in [0.2, 0.25) is 10.0 Å². The van der Waals surface area contributed by atoms with E-state index in [4.69, 9.17) is 44.3 Å². The number of fused-ring (bicyclic) bond motifs is 5. The van der Waals surface area contributed by atoms with Crippen LogP contribution >= 0.6 is 23.2 Å². The molecular formula is C31H22Cl2NO4+. The Morgan fingerprint density at radius 1 is 0.763 bits per heavy atom. The van der Waals surface area contributed by atoms with E-state index >= 15 is 4.79 Å². The molecule has 0 N–H and O–H groups in total. The molecule has 3 aliphatic rings. The largest absolute Gasteiger partial charge is 0.491 e. The molecule has 0 saturated heterocycles. The fourth-order valence-electron chi connectivity index (χ4n) is 6.16. The van der Waals surface area contributed by atoms with Crippen LogP contribution in [0.4, 0.5) is 5.69 Å². The first-order valence-corrected chi connectivity index (χ1v) is 13.0. The second kappa shape index (κ2) is 8.50. The average Bonchev–Trinajstić information content (AvgIpc) is 3.56. The first-order valence-electron chi connectivity index (χ1n) is 12.3. The molecular weight excluding hydrogens is 521 g/mol. The molecule has 0 saturated carbocycles. The van der Waals surface area contributed by atoms with Crippen molar-refractivity contribution in [1.82, 2.24) is 4.48 Å². The molecule has 1 amide bonds. The maximum Gasteiger partial charge on any atom is 0.338 e. The molecule has 38 heavy (non-hydrogen) atoms. The smallest absolute Gasteiger partial charge is 0.338 e. The number of hydrogen-bond acceptors (Lipinski definition) is 4. The van der Waals surface area contributed by atoms with Gasteiger partial charge in [0.2, 0.25) is 6.79 Å². The molecule has 2 atom stereocenters. The van der Waals surface area contributed by atoms with Crippen molar-refractivity contribution < 1.29 is 19.0 Å². The monoisotopic (exact) mass is 542 g/mol. The third kappa shape index (κ3) is 3.39. The summed E-state index contributed by atoms with van der Waals surface area (Å²) < 4.78 is 17.5. The first kappa shape index (κ1) is 23.6. The van der Waals surface area contributed by atoms with Crippen molar-refractivity contribution in [3.05, 3.63) is 124 Å². The van der Waals surface area contributed by atoms with Gasteiger partial charge in [-0.1, -0.05) is 65.7 Å². The Hall–Kier alpha value is -3.51. The number of quaternary nitrogens is 1. The molecule has 5 nitrogen and oxygen atoms in total. The Bertz CT molecular complexity index is 1600. The lowest BCUT2D eigenvalue weighted by atomic mass is 9.77. The molecule has 4 aromatic carbocycles. The zero-order valence-corrected chi connectivity index (χ0v) is 21.8. The summed E-state index contributed by atoms with van der Waals surface area (Å²) in [6.07, 6.45) is 0. The number of halogens is 2. The number of hydrogen-bond donors (Lipinski definition) is 0. The number of nitrogens with zero attached hydrogens (tertiary/aromatic N) is 1. The van der Waals surface area contributed by atoms with Crippen molar-refractivity contribution in [2.75, 3.05) is 13.4 Å². The van der Waals surface area contributed by atoms with Crippen LogP contribution in [-0.4, -0.2) is 19.3 Å². The van der Waals surface area contributed by atoms with E-state index in [9.17, 15) is 0 Å². The van der Waals surface area contributed by atoms with Gasteiger partial charge in [0.05, 0.1) is 0 Å². The molecule has 2 unspecified atom stereocenters. The van der Waals surface area contributed by atoms with Crippen LogP contribution in [0, 0.1) is 6.92 Å². The van der Waals surface area contributed by atoms with Crippen LogP contribution < -0.4 is 18.7 Å². The number of rotatable bonds is 4. The van der Waals surface area contributed by atoms with Gasteiger partial charge in [0.1, 0.15) is 31.1 Å². The summed E-state index contributed by atoms with van der Waals surface area (Å²) in [6, 6.07) is 24.8. The molecule has 0 aliphatic carbocycles. The van der Waals surface area contributed by atoms with Crippen LogP contribution in [0.15, 0.2) is 78.9 Å². The summed E-state index contributed by atoms with van der Waals surface area (Å²) in [5, 5.41) is 1.05. The second-order valence-corrected chi connectivity index (χ2v) is 10.9. The van der Waals surface area contributed by atoms with Gasteiger partial charge in [0.15, 0.2) is 16.9 Å². The van der Waals surface area contributed by atoms with E-state index in [1.54, 1.807) is 6.07 Å². The fraction of sp³-hybridized carbons (Fsp3) is 0.161. The predicted molar refractivity (Wildman–Crippen MR) is 146 cm³/mol. The Morgan fingerprint density at radius 3 is 2.21 bits per heavy atom. The normalized spacial score (nSPS) is 22.4. The summed E-state index contributed by atoms with van der Waals surface area (Å²) >= 11 is 12.8. The lowest BCUT2D eigenvalue weighted by Gasteiger charge is -2.34. The van der Waals surface area contributed by atoms with E-state index in [0.29, 0.717) is 45.9 Å². The van der Waals surface area contributed by atoms with Gasteiger partial charge >= 0.3 is 5.91 Å². The van der Waals surface area contributed by atoms with Crippen molar-refractivity contribution in [3.8, 4) is 17.2 Å². The molecule has 0 aromatic heterocycles. The number of benzene rings is 4. The lowest BCUT2D eigenvalue weighted by molar-refractivity contribution is -0.134. The topological polar surface area (TPSA) is 44.8 Å². The average molecular weight is 543 g/mol. The van der Waals surface area contributed by atoms with Crippen molar-refractivity contribution in [3.63, 3.8) is 0 Å². The van der Waals surface area contributed by atoms with Gasteiger partial charge in [-0.15, -0.1) is 0 Å². The second-order valence-electron chi connectivity index (χ2n) is 10.0. The van der Waals surface area contributed by atoms with Gasteiger partial charge in [-0.25, -0.2) is 9.28 Å². The van der Waals surface area contributed by atoms with Gasteiger partial charge in [0.25, 0.3) is 0 Å². The van der Waals surface area contributed by atoms with Crippen molar-refractivity contribution in [2.24, 2.45) is 0 Å². The number of carbonyl (C=O) groups is 1. The molecule has 3 aliphatic heterocycles. The minimum atomic E-state index is -1.01. The van der Waals surface area contributed by atoms with Gasteiger partial charge < -0.3 is 14.2 Å². The minimum Gasteiger partial charge on any atom is -0.491 e. The van der Waals surface area contributed by atoms with Crippen molar-refractivity contribution >= 4 is 34.8 Å². The van der Waals surface area contributed by atoms with E-state index < -0.39 is 5.41 Å². The van der Waals surface area contributed by atoms with E-state index in [-0.39, 0.29) is 23.8 Å². The van der Waals surface area contributed by atoms with Crippen molar-refractivity contribution in [2.45, 2.75) is 18.5 Å². The van der Waals surface area contributed by atoms with E-state index in [0.717, 1.165) is 27.9 Å². The Balaban J connectivity index is 1.46. The van der Waals surface area contributed by atoms with Crippen LogP contribution in [0.5, 0.6) is 17.2 Å². The van der Waals surface area contributed by atoms with Gasteiger partial charge in [-0.05, 0) is 42.8 Å². The molecule has 4 aromatic rings. The molecule has 1 spiro atoms. The zero-order chi connectivity index (χ0) is 26.1. The highest BCUT2D eigenvalue weighted by molar-refractivity contribution is 6.34. The maximum atomic E-state index is 15.1. The molecule has 7 rings (SSSR count). The first-order chi connectivity index (χ1) is 18.4. The summed E-state index contributed by atoms with van der Waals surface area (Å²) in [5.41, 5.74) is 4.13. The highest BCUT2D eigenvalue weighted by atomic mass is 35.5. The van der Waals surface area contributed by atoms with E-state index in [1.807, 2.05) is 72.8 Å². The highest BCUT2D eigenvalue weighted by Gasteiger charge is 2.66. The van der Waals surface area contributed by atoms with Gasteiger partial charge in [0, 0.05) is 38.4 Å². The maximum absolute atomic E-state index is 15.1. The van der Waals surface area contributed by atoms with Crippen LogP contribution in [0.1, 0.15) is 27.8 Å².